The molecular weight excluding hydrogens is 210 g/mol. The van der Waals surface area contributed by atoms with Gasteiger partial charge in [0.1, 0.15) is 5.75 Å². The Morgan fingerprint density at radius 2 is 2.07 bits per heavy atom. The van der Waals surface area contributed by atoms with Gasteiger partial charge in [-0.15, -0.1) is 0 Å². The van der Waals surface area contributed by atoms with Gasteiger partial charge in [-0.2, -0.15) is 0 Å². The number of aryl methyl sites for hydroxylation is 1. The Morgan fingerprint density at radius 3 is 2.80 bits per heavy atom. The molecule has 0 bridgehead atoms. The van der Waals surface area contributed by atoms with Gasteiger partial charge < -0.3 is 10.5 Å². The molecule has 1 aromatic rings. The normalized spacial score (nSPS) is 10.3. The van der Waals surface area contributed by atoms with Crippen LogP contribution in [0.2, 0.25) is 5.02 Å². The molecule has 2 N–H and O–H groups in total. The fraction of sp³-hybridized carbons (Fsp3) is 0.500. The fourth-order valence-electron chi connectivity index (χ4n) is 1.33. The van der Waals surface area contributed by atoms with Crippen LogP contribution in [0, 0.1) is 6.92 Å². The van der Waals surface area contributed by atoms with Gasteiger partial charge in [0.2, 0.25) is 0 Å². The van der Waals surface area contributed by atoms with Gasteiger partial charge in [-0.1, -0.05) is 17.7 Å². The van der Waals surface area contributed by atoms with Gasteiger partial charge in [0.25, 0.3) is 0 Å². The largest absolute Gasteiger partial charge is 0.493 e. The van der Waals surface area contributed by atoms with Crippen LogP contribution in [0.4, 0.5) is 0 Å². The molecule has 0 aromatic heterocycles. The van der Waals surface area contributed by atoms with E-state index in [0.717, 1.165) is 48.7 Å². The van der Waals surface area contributed by atoms with E-state index >= 15 is 0 Å². The highest BCUT2D eigenvalue weighted by atomic mass is 35.5. The number of benzene rings is 1. The van der Waals surface area contributed by atoms with Crippen LogP contribution in [0.15, 0.2) is 18.2 Å². The quantitative estimate of drug-likeness (QED) is 0.758. The molecule has 15 heavy (non-hydrogen) atoms. The Hall–Kier alpha value is -0.730. The third-order valence-electron chi connectivity index (χ3n) is 2.26. The lowest BCUT2D eigenvalue weighted by atomic mass is 10.2. The zero-order valence-electron chi connectivity index (χ0n) is 9.13. The van der Waals surface area contributed by atoms with Crippen molar-refractivity contribution >= 4 is 11.6 Å². The number of nitrogens with two attached hydrogens (primary N) is 1. The van der Waals surface area contributed by atoms with E-state index in [9.17, 15) is 0 Å². The first-order chi connectivity index (χ1) is 7.24. The highest BCUT2D eigenvalue weighted by Gasteiger charge is 1.99. The van der Waals surface area contributed by atoms with Crippen molar-refractivity contribution in [3.63, 3.8) is 0 Å². The van der Waals surface area contributed by atoms with Crippen molar-refractivity contribution in [2.45, 2.75) is 26.2 Å². The maximum atomic E-state index is 5.88. The minimum atomic E-state index is 0.720. The van der Waals surface area contributed by atoms with Gasteiger partial charge in [-0.3, -0.25) is 0 Å². The predicted molar refractivity (Wildman–Crippen MR) is 64.6 cm³/mol. The zero-order chi connectivity index (χ0) is 11.1. The Balaban J connectivity index is 2.33. The molecule has 0 amide bonds. The van der Waals surface area contributed by atoms with Crippen LogP contribution in [-0.2, 0) is 0 Å². The molecule has 2 nitrogen and oxygen atoms in total. The molecule has 0 aliphatic carbocycles. The van der Waals surface area contributed by atoms with E-state index in [4.69, 9.17) is 22.1 Å². The lowest BCUT2D eigenvalue weighted by Crippen LogP contribution is -2.02. The first-order valence-electron chi connectivity index (χ1n) is 5.33. The molecule has 0 saturated carbocycles. The zero-order valence-corrected chi connectivity index (χ0v) is 9.89. The Labute approximate surface area is 96.4 Å². The van der Waals surface area contributed by atoms with Crippen molar-refractivity contribution in [3.8, 4) is 5.75 Å². The summed E-state index contributed by atoms with van der Waals surface area (Å²) in [5.41, 5.74) is 6.53. The molecule has 0 aliphatic rings. The van der Waals surface area contributed by atoms with Crippen molar-refractivity contribution < 1.29 is 4.74 Å². The molecule has 0 aliphatic heterocycles. The number of ether oxygens (including phenoxy) is 1. The molecule has 0 spiro atoms. The van der Waals surface area contributed by atoms with Crippen LogP contribution >= 0.6 is 11.6 Å². The standard InChI is InChI=1S/C12H18ClNO/c1-10-5-6-11(13)9-12(10)15-8-4-2-3-7-14/h5-6,9H,2-4,7-8,14H2,1H3. The highest BCUT2D eigenvalue weighted by Crippen LogP contribution is 2.22. The van der Waals surface area contributed by atoms with E-state index < -0.39 is 0 Å². The Bertz CT molecular complexity index is 302. The van der Waals surface area contributed by atoms with Crippen molar-refractivity contribution in [2.24, 2.45) is 5.73 Å². The van der Waals surface area contributed by atoms with Crippen LogP contribution in [-0.4, -0.2) is 13.2 Å². The summed E-state index contributed by atoms with van der Waals surface area (Å²) in [6, 6.07) is 5.70. The van der Waals surface area contributed by atoms with Crippen molar-refractivity contribution in [1.82, 2.24) is 0 Å². The SMILES string of the molecule is Cc1ccc(Cl)cc1OCCCCCN. The average molecular weight is 228 g/mol. The number of unbranched alkanes of at least 4 members (excludes halogenated alkanes) is 2. The van der Waals surface area contributed by atoms with Crippen molar-refractivity contribution in [2.75, 3.05) is 13.2 Å². The minimum Gasteiger partial charge on any atom is -0.493 e. The first-order valence-corrected chi connectivity index (χ1v) is 5.71. The second kappa shape index (κ2) is 6.70. The van der Waals surface area contributed by atoms with Crippen LogP contribution < -0.4 is 10.5 Å². The monoisotopic (exact) mass is 227 g/mol. The maximum Gasteiger partial charge on any atom is 0.123 e. The van der Waals surface area contributed by atoms with Gasteiger partial charge in [0, 0.05) is 5.02 Å². The van der Waals surface area contributed by atoms with Gasteiger partial charge in [0.05, 0.1) is 6.61 Å². The van der Waals surface area contributed by atoms with Gasteiger partial charge in [-0.05, 0) is 50.4 Å². The van der Waals surface area contributed by atoms with Crippen molar-refractivity contribution in [3.05, 3.63) is 28.8 Å². The molecule has 0 atom stereocenters. The van der Waals surface area contributed by atoms with Crippen LogP contribution in [0.5, 0.6) is 5.75 Å². The maximum absolute atomic E-state index is 5.88. The van der Waals surface area contributed by atoms with E-state index in [1.165, 1.54) is 0 Å². The van der Waals surface area contributed by atoms with Crippen LogP contribution in [0.1, 0.15) is 24.8 Å². The molecule has 0 fully saturated rings. The van der Waals surface area contributed by atoms with E-state index in [1.807, 2.05) is 25.1 Å². The molecule has 0 unspecified atom stereocenters. The minimum absolute atomic E-state index is 0.720. The van der Waals surface area contributed by atoms with Gasteiger partial charge >= 0.3 is 0 Å². The molecular formula is C12H18ClNO. The smallest absolute Gasteiger partial charge is 0.123 e. The number of halogens is 1. The van der Waals surface area contributed by atoms with E-state index in [2.05, 4.69) is 0 Å². The molecule has 0 saturated heterocycles. The topological polar surface area (TPSA) is 35.2 Å². The summed E-state index contributed by atoms with van der Waals surface area (Å²) in [6.07, 6.45) is 3.23. The predicted octanol–water partition coefficient (Wildman–Crippen LogP) is 3.16. The van der Waals surface area contributed by atoms with E-state index in [0.29, 0.717) is 0 Å². The summed E-state index contributed by atoms with van der Waals surface area (Å²) in [4.78, 5) is 0. The Morgan fingerprint density at radius 1 is 1.27 bits per heavy atom. The first kappa shape index (κ1) is 12.3. The number of rotatable bonds is 6. The summed E-state index contributed by atoms with van der Waals surface area (Å²) in [5, 5.41) is 0.720. The lowest BCUT2D eigenvalue weighted by Gasteiger charge is -2.09. The molecule has 1 aromatic carbocycles. The molecule has 0 radical (unpaired) electrons. The molecule has 1 rings (SSSR count). The molecule has 84 valence electrons. The summed E-state index contributed by atoms with van der Waals surface area (Å²) in [6.45, 7) is 3.52. The van der Waals surface area contributed by atoms with Gasteiger partial charge in [0.15, 0.2) is 0 Å². The third-order valence-corrected chi connectivity index (χ3v) is 2.49. The second-order valence-corrected chi connectivity index (χ2v) is 4.04. The second-order valence-electron chi connectivity index (χ2n) is 3.61. The van der Waals surface area contributed by atoms with Crippen molar-refractivity contribution in [1.29, 1.82) is 0 Å². The summed E-state index contributed by atoms with van der Waals surface area (Å²) < 4.78 is 5.64. The number of hydrogen-bond acceptors (Lipinski definition) is 2. The summed E-state index contributed by atoms with van der Waals surface area (Å²) in [7, 11) is 0. The molecule has 3 heteroatoms. The van der Waals surface area contributed by atoms with Crippen LogP contribution in [0.25, 0.3) is 0 Å². The summed E-state index contributed by atoms with van der Waals surface area (Å²) in [5.74, 6) is 0.884. The fourth-order valence-corrected chi connectivity index (χ4v) is 1.50. The highest BCUT2D eigenvalue weighted by molar-refractivity contribution is 6.30. The molecule has 0 heterocycles. The Kier molecular flexibility index (Phi) is 5.51. The summed E-state index contributed by atoms with van der Waals surface area (Å²) >= 11 is 5.88. The van der Waals surface area contributed by atoms with Crippen LogP contribution in [0.3, 0.4) is 0 Å². The van der Waals surface area contributed by atoms with Gasteiger partial charge in [-0.25, -0.2) is 0 Å². The number of hydrogen-bond donors (Lipinski definition) is 1. The van der Waals surface area contributed by atoms with E-state index in [1.54, 1.807) is 0 Å². The lowest BCUT2D eigenvalue weighted by molar-refractivity contribution is 0.304. The third kappa shape index (κ3) is 4.54. The average Bonchev–Trinajstić information content (AvgIpc) is 2.23. The van der Waals surface area contributed by atoms with E-state index in [-0.39, 0.29) is 0 Å².